The number of benzene rings is 1. The molecule has 0 aliphatic heterocycles. The Bertz CT molecular complexity index is 584. The number of urea groups is 1. The summed E-state index contributed by atoms with van der Waals surface area (Å²) >= 11 is 0. The van der Waals surface area contributed by atoms with Gasteiger partial charge in [-0.3, -0.25) is 0 Å². The zero-order valence-electron chi connectivity index (χ0n) is 11.3. The molecule has 1 atom stereocenters. The van der Waals surface area contributed by atoms with Crippen LogP contribution in [0.2, 0.25) is 0 Å². The van der Waals surface area contributed by atoms with Gasteiger partial charge in [-0.2, -0.15) is 0 Å². The first-order chi connectivity index (χ1) is 10.2. The van der Waals surface area contributed by atoms with E-state index in [9.17, 15) is 14.7 Å². The fraction of sp³-hybridized carbons (Fsp3) is 0.214. The number of carbonyl (C=O) groups is 2. The second kappa shape index (κ2) is 7.09. The van der Waals surface area contributed by atoms with Crippen LogP contribution in [-0.2, 0) is 11.3 Å². The second-order valence-electron chi connectivity index (χ2n) is 4.38. The quantitative estimate of drug-likeness (QED) is 0.739. The molecule has 1 aromatic heterocycles. The molecule has 2 amide bonds. The minimum absolute atomic E-state index is 0.378. The van der Waals surface area contributed by atoms with Crippen LogP contribution in [0.3, 0.4) is 0 Å². The molecule has 0 fully saturated rings. The van der Waals surface area contributed by atoms with E-state index >= 15 is 0 Å². The molecule has 0 bridgehead atoms. The van der Waals surface area contributed by atoms with Crippen molar-refractivity contribution in [1.82, 2.24) is 20.2 Å². The maximum Gasteiger partial charge on any atom is 0.330 e. The van der Waals surface area contributed by atoms with Gasteiger partial charge >= 0.3 is 12.0 Å². The van der Waals surface area contributed by atoms with E-state index < -0.39 is 18.0 Å². The minimum atomic E-state index is -1.11. The molecular formula is C14H16N4O3. The van der Waals surface area contributed by atoms with E-state index in [4.69, 9.17) is 0 Å². The number of carboxylic acid groups (broad SMARTS) is 1. The number of rotatable bonds is 6. The zero-order chi connectivity index (χ0) is 15.1. The average Bonchev–Trinajstić information content (AvgIpc) is 2.98. The molecule has 1 heterocycles. The molecule has 0 aliphatic rings. The van der Waals surface area contributed by atoms with E-state index in [1.54, 1.807) is 49.1 Å². The van der Waals surface area contributed by atoms with Crippen molar-refractivity contribution in [2.45, 2.75) is 12.6 Å². The topological polar surface area (TPSA) is 96.3 Å². The van der Waals surface area contributed by atoms with E-state index in [-0.39, 0.29) is 0 Å². The summed E-state index contributed by atoms with van der Waals surface area (Å²) in [5.74, 6) is -1.11. The van der Waals surface area contributed by atoms with Crippen LogP contribution >= 0.6 is 0 Å². The van der Waals surface area contributed by atoms with Gasteiger partial charge in [0.25, 0.3) is 0 Å². The number of imidazole rings is 1. The molecule has 7 heteroatoms. The van der Waals surface area contributed by atoms with E-state index in [2.05, 4.69) is 15.6 Å². The molecule has 3 N–H and O–H groups in total. The van der Waals surface area contributed by atoms with Gasteiger partial charge in [0.2, 0.25) is 0 Å². The van der Waals surface area contributed by atoms with Gasteiger partial charge in [-0.15, -0.1) is 0 Å². The fourth-order valence-electron chi connectivity index (χ4n) is 1.83. The molecule has 0 aliphatic carbocycles. The predicted octanol–water partition coefficient (Wildman–Crippen LogP) is 1.01. The van der Waals surface area contributed by atoms with Crippen LogP contribution in [0.4, 0.5) is 4.79 Å². The van der Waals surface area contributed by atoms with Crippen LogP contribution in [-0.4, -0.2) is 33.2 Å². The third-order valence-corrected chi connectivity index (χ3v) is 2.87. The second-order valence-corrected chi connectivity index (χ2v) is 4.38. The van der Waals surface area contributed by atoms with Gasteiger partial charge in [-0.1, -0.05) is 30.3 Å². The summed E-state index contributed by atoms with van der Waals surface area (Å²) in [5, 5.41) is 14.2. The van der Waals surface area contributed by atoms with Crippen LogP contribution in [0, 0.1) is 0 Å². The number of carboxylic acids is 1. The summed E-state index contributed by atoms with van der Waals surface area (Å²) in [4.78, 5) is 26.9. The highest BCUT2D eigenvalue weighted by Gasteiger charge is 2.21. The molecule has 0 saturated carbocycles. The molecule has 7 nitrogen and oxygen atoms in total. The third kappa shape index (κ3) is 4.34. The summed E-state index contributed by atoms with van der Waals surface area (Å²) in [6.07, 6.45) is 5.07. The lowest BCUT2D eigenvalue weighted by atomic mass is 10.1. The van der Waals surface area contributed by atoms with Crippen molar-refractivity contribution in [3.05, 3.63) is 54.6 Å². The molecule has 0 unspecified atom stereocenters. The first kappa shape index (κ1) is 14.6. The Balaban J connectivity index is 1.85. The van der Waals surface area contributed by atoms with Gasteiger partial charge < -0.3 is 20.3 Å². The predicted molar refractivity (Wildman–Crippen MR) is 75.6 cm³/mol. The third-order valence-electron chi connectivity index (χ3n) is 2.87. The van der Waals surface area contributed by atoms with Crippen molar-refractivity contribution in [2.24, 2.45) is 0 Å². The fourth-order valence-corrected chi connectivity index (χ4v) is 1.83. The SMILES string of the molecule is O=C(NCCn1ccnc1)N[C@@H](C(=O)O)c1ccccc1. The van der Waals surface area contributed by atoms with Crippen molar-refractivity contribution in [2.75, 3.05) is 6.54 Å². The number of nitrogens with zero attached hydrogens (tertiary/aromatic N) is 2. The molecule has 2 rings (SSSR count). The van der Waals surface area contributed by atoms with E-state index in [0.29, 0.717) is 18.7 Å². The largest absolute Gasteiger partial charge is 0.479 e. The van der Waals surface area contributed by atoms with Crippen LogP contribution in [0.1, 0.15) is 11.6 Å². The van der Waals surface area contributed by atoms with Gasteiger partial charge in [-0.25, -0.2) is 14.6 Å². The van der Waals surface area contributed by atoms with Gasteiger partial charge in [0.05, 0.1) is 6.33 Å². The Morgan fingerprint density at radius 1 is 1.29 bits per heavy atom. The number of carbonyl (C=O) groups excluding carboxylic acids is 1. The average molecular weight is 288 g/mol. The van der Waals surface area contributed by atoms with Gasteiger partial charge in [0.15, 0.2) is 6.04 Å². The van der Waals surface area contributed by atoms with Crippen molar-refractivity contribution in [1.29, 1.82) is 0 Å². The smallest absolute Gasteiger partial charge is 0.330 e. The number of hydrogen-bond acceptors (Lipinski definition) is 3. The van der Waals surface area contributed by atoms with Gasteiger partial charge in [-0.05, 0) is 5.56 Å². The molecule has 2 aromatic rings. The standard InChI is InChI=1S/C14H16N4O3/c19-13(20)12(11-4-2-1-3-5-11)17-14(21)16-7-9-18-8-6-15-10-18/h1-6,8,10,12H,7,9H2,(H,19,20)(H2,16,17,21)/t12-/m1/s1. The highest BCUT2D eigenvalue weighted by molar-refractivity contribution is 5.83. The number of aromatic nitrogens is 2. The number of amides is 2. The Kier molecular flexibility index (Phi) is 4.92. The van der Waals surface area contributed by atoms with E-state index in [1.165, 1.54) is 0 Å². The first-order valence-corrected chi connectivity index (χ1v) is 6.44. The lowest BCUT2D eigenvalue weighted by Gasteiger charge is -2.15. The van der Waals surface area contributed by atoms with E-state index in [1.807, 2.05) is 4.57 Å². The highest BCUT2D eigenvalue weighted by Crippen LogP contribution is 2.12. The summed E-state index contributed by atoms with van der Waals surface area (Å²) in [6, 6.07) is 6.96. The molecule has 0 radical (unpaired) electrons. The van der Waals surface area contributed by atoms with Crippen LogP contribution < -0.4 is 10.6 Å². The number of aliphatic carboxylic acids is 1. The Labute approximate surface area is 121 Å². The van der Waals surface area contributed by atoms with Crippen LogP contribution in [0.25, 0.3) is 0 Å². The normalized spacial score (nSPS) is 11.6. The molecule has 0 spiro atoms. The molecular weight excluding hydrogens is 272 g/mol. The van der Waals surface area contributed by atoms with Crippen molar-refractivity contribution >= 4 is 12.0 Å². The molecule has 1 aromatic carbocycles. The lowest BCUT2D eigenvalue weighted by molar-refractivity contribution is -0.139. The van der Waals surface area contributed by atoms with E-state index in [0.717, 1.165) is 0 Å². The molecule has 21 heavy (non-hydrogen) atoms. The number of hydrogen-bond donors (Lipinski definition) is 3. The maximum absolute atomic E-state index is 11.7. The van der Waals surface area contributed by atoms with Crippen LogP contribution in [0.15, 0.2) is 49.1 Å². The minimum Gasteiger partial charge on any atom is -0.479 e. The lowest BCUT2D eigenvalue weighted by Crippen LogP contribution is -2.41. The summed E-state index contributed by atoms with van der Waals surface area (Å²) in [7, 11) is 0. The van der Waals surface area contributed by atoms with Crippen molar-refractivity contribution < 1.29 is 14.7 Å². The van der Waals surface area contributed by atoms with Crippen LogP contribution in [0.5, 0.6) is 0 Å². The summed E-state index contributed by atoms with van der Waals surface area (Å²) in [5.41, 5.74) is 0.523. The van der Waals surface area contributed by atoms with Crippen molar-refractivity contribution in [3.8, 4) is 0 Å². The van der Waals surface area contributed by atoms with Crippen molar-refractivity contribution in [3.63, 3.8) is 0 Å². The summed E-state index contributed by atoms with van der Waals surface area (Å²) in [6.45, 7) is 0.944. The van der Waals surface area contributed by atoms with Gasteiger partial charge in [0, 0.05) is 25.5 Å². The maximum atomic E-state index is 11.7. The Morgan fingerprint density at radius 2 is 2.05 bits per heavy atom. The molecule has 110 valence electrons. The highest BCUT2D eigenvalue weighted by atomic mass is 16.4. The summed E-state index contributed by atoms with van der Waals surface area (Å²) < 4.78 is 1.81. The first-order valence-electron chi connectivity index (χ1n) is 6.44. The Morgan fingerprint density at radius 3 is 2.67 bits per heavy atom. The Hall–Kier alpha value is -2.83. The molecule has 0 saturated heterocycles. The number of nitrogens with one attached hydrogen (secondary N) is 2. The van der Waals surface area contributed by atoms with Gasteiger partial charge in [0.1, 0.15) is 0 Å². The zero-order valence-corrected chi connectivity index (χ0v) is 11.3. The monoisotopic (exact) mass is 288 g/mol.